The zero-order chi connectivity index (χ0) is 28.4. The highest BCUT2D eigenvalue weighted by molar-refractivity contribution is 7.39. The Bertz CT molecular complexity index is 845. The zero-order valence-corrected chi connectivity index (χ0v) is 32.5. The van der Waals surface area contributed by atoms with Crippen LogP contribution in [0.4, 0.5) is 0 Å². The van der Waals surface area contributed by atoms with Gasteiger partial charge >= 0.3 is 16.4 Å². The van der Waals surface area contributed by atoms with E-state index in [0.717, 1.165) is 10.8 Å². The first kappa shape index (κ1) is 34.3. The van der Waals surface area contributed by atoms with Crippen molar-refractivity contribution >= 4 is 69.3 Å². The maximum Gasteiger partial charge on any atom is 0.549 e. The van der Waals surface area contributed by atoms with Gasteiger partial charge in [-0.25, -0.2) is 4.58 Å². The normalized spacial score (nSPS) is 14.8. The second kappa shape index (κ2) is 11.8. The van der Waals surface area contributed by atoms with Crippen LogP contribution in [0.15, 0.2) is 30.8 Å². The van der Waals surface area contributed by atoms with Crippen molar-refractivity contribution in [3.8, 4) is 0 Å². The predicted molar refractivity (Wildman–Crippen MR) is 171 cm³/mol. The Hall–Kier alpha value is 0.238. The molecule has 0 saturated carbocycles. The first-order valence-electron chi connectivity index (χ1n) is 12.7. The fourth-order valence-electron chi connectivity index (χ4n) is 3.49. The Labute approximate surface area is 228 Å². The second-order valence-corrected chi connectivity index (χ2v) is 45.5. The van der Waals surface area contributed by atoms with Gasteiger partial charge < -0.3 is 16.5 Å². The Morgan fingerprint density at radius 3 is 1.25 bits per heavy atom. The summed E-state index contributed by atoms with van der Waals surface area (Å²) in [5, 5.41) is 0.965. The van der Waals surface area contributed by atoms with Crippen molar-refractivity contribution in [2.45, 2.75) is 98.2 Å². The lowest BCUT2D eigenvalue weighted by atomic mass is 10.2. The highest BCUT2D eigenvalue weighted by atomic mass is 29.3. The molecule has 0 amide bonds. The molecule has 0 aliphatic heterocycles. The van der Waals surface area contributed by atoms with Gasteiger partial charge in [-0.2, -0.15) is 0 Å². The Morgan fingerprint density at radius 1 is 0.528 bits per heavy atom. The largest absolute Gasteiger partial charge is 0.549 e. The van der Waals surface area contributed by atoms with Gasteiger partial charge in [-0.05, 0) is 104 Å². The molecule has 208 valence electrons. The summed E-state index contributed by atoms with van der Waals surface area (Å²) in [4.78, 5) is 0. The van der Waals surface area contributed by atoms with Crippen molar-refractivity contribution in [3.05, 3.63) is 36.4 Å². The van der Waals surface area contributed by atoms with Crippen molar-refractivity contribution in [3.63, 3.8) is 0 Å². The Kier molecular flexibility index (Phi) is 11.2. The molecule has 1 rings (SSSR count). The molecule has 0 aliphatic carbocycles. The summed E-state index contributed by atoms with van der Waals surface area (Å²) < 4.78 is 42.1. The summed E-state index contributed by atoms with van der Waals surface area (Å²) in [7, 11) is -18.6. The van der Waals surface area contributed by atoms with E-state index < -0.39 is 58.0 Å². The molecular formula is C23H52O6Si7. The van der Waals surface area contributed by atoms with E-state index in [1.54, 1.807) is 0 Å². The van der Waals surface area contributed by atoms with Crippen molar-refractivity contribution in [1.82, 2.24) is 0 Å². The molecule has 0 spiro atoms. The topological polar surface area (TPSA) is 55.4 Å². The van der Waals surface area contributed by atoms with Crippen molar-refractivity contribution < 1.29 is 25.6 Å². The Morgan fingerprint density at radius 2 is 0.917 bits per heavy atom. The van der Waals surface area contributed by atoms with E-state index in [0.29, 0.717) is 0 Å². The van der Waals surface area contributed by atoms with E-state index in [-0.39, 0.29) is 0 Å². The van der Waals surface area contributed by atoms with E-state index in [9.17, 15) is 0 Å². The van der Waals surface area contributed by atoms with Gasteiger partial charge in [0, 0.05) is 5.19 Å². The molecule has 36 heavy (non-hydrogen) atoms. The summed E-state index contributed by atoms with van der Waals surface area (Å²) in [5.74, 6) is 0. The quantitative estimate of drug-likeness (QED) is 0.125. The fourth-order valence-corrected chi connectivity index (χ4v) is 42.0. The minimum absolute atomic E-state index is 0.965. The zero-order valence-electron chi connectivity index (χ0n) is 25.5. The van der Waals surface area contributed by atoms with Crippen molar-refractivity contribution in [2.75, 3.05) is 0 Å². The molecule has 0 heterocycles. The third kappa shape index (κ3) is 10.8. The van der Waals surface area contributed by atoms with Crippen LogP contribution < -0.4 is 5.19 Å². The third-order valence-corrected chi connectivity index (χ3v) is 28.5. The molecular weight excluding hydrogens is 569 g/mol. The van der Waals surface area contributed by atoms with E-state index in [2.05, 4.69) is 117 Å². The number of benzene rings is 1. The van der Waals surface area contributed by atoms with Crippen LogP contribution in [-0.2, 0) is 25.6 Å². The maximum absolute atomic E-state index is 7.36. The minimum atomic E-state index is -3.81. The first-order valence-corrected chi connectivity index (χ1v) is 34.3. The fraction of sp³-hybridized carbons (Fsp3) is 0.652. The number of hydrogen-bond acceptors (Lipinski definition) is 6. The van der Waals surface area contributed by atoms with E-state index in [4.69, 9.17) is 25.6 Å². The average Bonchev–Trinajstić information content (AvgIpc) is 2.60. The lowest BCUT2D eigenvalue weighted by Crippen LogP contribution is -2.84. The molecule has 6 nitrogen and oxygen atoms in total. The lowest BCUT2D eigenvalue weighted by molar-refractivity contribution is -0.153. The molecule has 0 unspecified atom stereocenters. The van der Waals surface area contributed by atoms with Gasteiger partial charge in [0.05, 0.1) is 0 Å². The summed E-state index contributed by atoms with van der Waals surface area (Å²) in [6.45, 7) is 36.6. The molecule has 0 bridgehead atoms. The van der Waals surface area contributed by atoms with Gasteiger partial charge in [0.15, 0.2) is 33.3 Å². The molecule has 0 radical (unpaired) electrons. The van der Waals surface area contributed by atoms with Gasteiger partial charge in [-0.3, -0.25) is 4.58 Å². The number of rotatable bonds is 14. The van der Waals surface area contributed by atoms with Crippen LogP contribution in [0.5, 0.6) is 0 Å². The molecule has 0 atom stereocenters. The molecule has 0 aliphatic rings. The highest BCUT2D eigenvalue weighted by Gasteiger charge is 2.74. The van der Waals surface area contributed by atoms with Crippen molar-refractivity contribution in [2.24, 2.45) is 0 Å². The Balaban J connectivity index is 4.36. The molecule has 1 aromatic carbocycles. The van der Waals surface area contributed by atoms with Crippen LogP contribution in [0.25, 0.3) is 6.08 Å². The van der Waals surface area contributed by atoms with Crippen LogP contribution in [-0.4, -0.2) is 58.0 Å². The van der Waals surface area contributed by atoms with Crippen LogP contribution >= 0.6 is 0 Å². The maximum atomic E-state index is 7.36. The molecule has 13 heteroatoms. The number of hydrogen-bond donors (Lipinski definition) is 0. The molecule has 0 fully saturated rings. The minimum Gasteiger partial charge on any atom is -0.431 e. The SMILES string of the molecule is C=Cc1ccccc1[Si](O[Si](C)(C)C)(O[Si](C)(C)C)[Si](OO[Si](C)(C)C)(O[Si](C)(C)C)O[Si](C)(C)C. The third-order valence-electron chi connectivity index (χ3n) is 4.12. The van der Waals surface area contributed by atoms with E-state index >= 15 is 0 Å². The van der Waals surface area contributed by atoms with Gasteiger partial charge in [0.25, 0.3) is 0 Å². The lowest BCUT2D eigenvalue weighted by Gasteiger charge is -2.51. The van der Waals surface area contributed by atoms with E-state index in [1.807, 2.05) is 18.2 Å². The summed E-state index contributed by atoms with van der Waals surface area (Å²) in [6, 6.07) is 8.22. The van der Waals surface area contributed by atoms with Crippen LogP contribution in [0.1, 0.15) is 5.56 Å². The van der Waals surface area contributed by atoms with E-state index in [1.165, 1.54) is 0 Å². The standard InChI is InChI=1S/C23H52O6Si7/c1-17-22-20-18-19-21-23(22)35(26-31(5,6)7,27-32(8,9)10)36(28-33(11,12)13,29-34(14,15)16)25-24-30(2,3)4/h17-21H,1H2,2-16H3. The average molecular weight is 621 g/mol. The predicted octanol–water partition coefficient (Wildman–Crippen LogP) is 7.19. The van der Waals surface area contributed by atoms with Crippen LogP contribution in [0, 0.1) is 0 Å². The summed E-state index contributed by atoms with van der Waals surface area (Å²) >= 11 is 0. The molecule has 0 N–H and O–H groups in total. The second-order valence-electron chi connectivity index (χ2n) is 14.1. The van der Waals surface area contributed by atoms with Gasteiger partial charge in [0.2, 0.25) is 8.32 Å². The smallest absolute Gasteiger partial charge is 0.431 e. The summed E-state index contributed by atoms with van der Waals surface area (Å²) in [5.41, 5.74) is 0.965. The van der Waals surface area contributed by atoms with Gasteiger partial charge in [-0.15, -0.1) is 0 Å². The van der Waals surface area contributed by atoms with Gasteiger partial charge in [0.1, 0.15) is 0 Å². The molecule has 0 aromatic heterocycles. The molecule has 1 aromatic rings. The van der Waals surface area contributed by atoms with Crippen LogP contribution in [0.3, 0.4) is 0 Å². The van der Waals surface area contributed by atoms with Crippen molar-refractivity contribution in [1.29, 1.82) is 0 Å². The summed E-state index contributed by atoms with van der Waals surface area (Å²) in [6.07, 6.45) is 1.87. The van der Waals surface area contributed by atoms with Crippen LogP contribution in [0.2, 0.25) is 98.2 Å². The molecule has 0 saturated heterocycles. The monoisotopic (exact) mass is 620 g/mol. The first-order chi connectivity index (χ1) is 15.8. The van der Waals surface area contributed by atoms with Gasteiger partial charge in [-0.1, -0.05) is 36.9 Å². The highest BCUT2D eigenvalue weighted by Crippen LogP contribution is 2.37.